The van der Waals surface area contributed by atoms with Crippen molar-refractivity contribution >= 4 is 18.3 Å². The molecule has 22 heavy (non-hydrogen) atoms. The Morgan fingerprint density at radius 1 is 1.23 bits per heavy atom. The van der Waals surface area contributed by atoms with Crippen LogP contribution in [0.5, 0.6) is 5.75 Å². The van der Waals surface area contributed by atoms with E-state index in [1.807, 2.05) is 0 Å². The second-order valence-electron chi connectivity index (χ2n) is 4.07. The van der Waals surface area contributed by atoms with Gasteiger partial charge < -0.3 is 20.1 Å². The zero-order valence-corrected chi connectivity index (χ0v) is 12.7. The average molecular weight is 343 g/mol. The zero-order chi connectivity index (χ0) is 15.7. The van der Waals surface area contributed by atoms with Crippen molar-refractivity contribution in [2.75, 3.05) is 33.4 Å². The Bertz CT molecular complexity index is 458. The first-order chi connectivity index (χ1) is 9.92. The summed E-state index contributed by atoms with van der Waals surface area (Å²) in [6, 6.07) is 4.92. The van der Waals surface area contributed by atoms with Crippen molar-refractivity contribution in [2.24, 2.45) is 0 Å². The Morgan fingerprint density at radius 2 is 1.95 bits per heavy atom. The Balaban J connectivity index is 0.00000441. The second-order valence-corrected chi connectivity index (χ2v) is 4.07. The molecule has 0 aromatic heterocycles. The van der Waals surface area contributed by atoms with Crippen molar-refractivity contribution in [1.29, 1.82) is 0 Å². The molecule has 1 rings (SSSR count). The van der Waals surface area contributed by atoms with Gasteiger partial charge in [0.15, 0.2) is 0 Å². The van der Waals surface area contributed by atoms with Crippen molar-refractivity contribution in [3.05, 3.63) is 29.8 Å². The van der Waals surface area contributed by atoms with Gasteiger partial charge in [-0.3, -0.25) is 4.79 Å². The van der Waals surface area contributed by atoms with E-state index in [-0.39, 0.29) is 18.0 Å². The molecule has 1 amide bonds. The molecule has 0 saturated carbocycles. The number of alkyl halides is 3. The summed E-state index contributed by atoms with van der Waals surface area (Å²) in [6.07, 6.45) is -4.78. The molecule has 1 aromatic carbocycles. The zero-order valence-electron chi connectivity index (χ0n) is 11.9. The van der Waals surface area contributed by atoms with E-state index in [4.69, 9.17) is 4.74 Å². The van der Waals surface area contributed by atoms with Crippen LogP contribution >= 0.6 is 12.4 Å². The van der Waals surface area contributed by atoms with Crippen LogP contribution in [0.1, 0.15) is 10.4 Å². The highest BCUT2D eigenvalue weighted by atomic mass is 35.5. The number of benzene rings is 1. The van der Waals surface area contributed by atoms with Crippen molar-refractivity contribution in [1.82, 2.24) is 10.6 Å². The van der Waals surface area contributed by atoms with Gasteiger partial charge >= 0.3 is 6.36 Å². The fourth-order valence-electron chi connectivity index (χ4n) is 1.50. The minimum Gasteiger partial charge on any atom is -0.406 e. The van der Waals surface area contributed by atoms with Gasteiger partial charge in [-0.25, -0.2) is 0 Å². The maximum absolute atomic E-state index is 12.1. The Hall–Kier alpha value is -1.51. The maximum Gasteiger partial charge on any atom is 0.573 e. The molecule has 0 saturated heterocycles. The van der Waals surface area contributed by atoms with Gasteiger partial charge in [0, 0.05) is 32.3 Å². The molecular weight excluding hydrogens is 325 g/mol. The van der Waals surface area contributed by atoms with Gasteiger partial charge in [-0.1, -0.05) is 6.07 Å². The van der Waals surface area contributed by atoms with Gasteiger partial charge in [-0.15, -0.1) is 25.6 Å². The predicted octanol–water partition coefficient (Wildman–Crippen LogP) is 1.97. The number of methoxy groups -OCH3 is 1. The third kappa shape index (κ3) is 8.71. The fraction of sp³-hybridized carbons (Fsp3) is 0.462. The van der Waals surface area contributed by atoms with Gasteiger partial charge in [0.05, 0.1) is 6.61 Å². The summed E-state index contributed by atoms with van der Waals surface area (Å²) in [5.41, 5.74) is 0.105. The molecule has 0 aliphatic carbocycles. The largest absolute Gasteiger partial charge is 0.573 e. The van der Waals surface area contributed by atoms with Crippen LogP contribution in [-0.2, 0) is 4.74 Å². The smallest absolute Gasteiger partial charge is 0.406 e. The van der Waals surface area contributed by atoms with Crippen LogP contribution in [-0.4, -0.2) is 45.6 Å². The third-order valence-electron chi connectivity index (χ3n) is 2.40. The molecule has 0 unspecified atom stereocenters. The summed E-state index contributed by atoms with van der Waals surface area (Å²) in [5, 5.41) is 5.61. The van der Waals surface area contributed by atoms with E-state index in [2.05, 4.69) is 15.4 Å². The number of nitrogens with one attached hydrogen (secondary N) is 2. The molecule has 0 aliphatic rings. The van der Waals surface area contributed by atoms with E-state index < -0.39 is 18.0 Å². The Kier molecular flexibility index (Phi) is 9.55. The lowest BCUT2D eigenvalue weighted by Crippen LogP contribution is -2.33. The summed E-state index contributed by atoms with van der Waals surface area (Å²) in [4.78, 5) is 11.8. The molecule has 0 fully saturated rings. The van der Waals surface area contributed by atoms with E-state index in [0.29, 0.717) is 26.2 Å². The van der Waals surface area contributed by atoms with Gasteiger partial charge in [0.2, 0.25) is 0 Å². The minimum atomic E-state index is -4.78. The molecule has 0 heterocycles. The molecule has 0 aliphatic heterocycles. The monoisotopic (exact) mass is 342 g/mol. The Labute approximate surface area is 132 Å². The molecule has 2 N–H and O–H groups in total. The van der Waals surface area contributed by atoms with Crippen LogP contribution in [0, 0.1) is 0 Å². The standard InChI is InChI=1S/C13H17F3N2O3.ClH/c1-20-8-7-17-5-6-18-12(19)10-3-2-4-11(9-10)21-13(14,15)16;/h2-4,9,17H,5-8H2,1H3,(H,18,19);1H. The highest BCUT2D eigenvalue weighted by Crippen LogP contribution is 2.23. The quantitative estimate of drug-likeness (QED) is 0.709. The maximum atomic E-state index is 12.1. The first kappa shape index (κ1) is 20.5. The first-order valence-corrected chi connectivity index (χ1v) is 6.26. The van der Waals surface area contributed by atoms with Crippen LogP contribution in [0.25, 0.3) is 0 Å². The van der Waals surface area contributed by atoms with Crippen LogP contribution in [0.4, 0.5) is 13.2 Å². The Morgan fingerprint density at radius 3 is 2.59 bits per heavy atom. The predicted molar refractivity (Wildman–Crippen MR) is 77.5 cm³/mol. The lowest BCUT2D eigenvalue weighted by atomic mass is 10.2. The van der Waals surface area contributed by atoms with Crippen LogP contribution in [0.2, 0.25) is 0 Å². The van der Waals surface area contributed by atoms with Crippen molar-refractivity contribution in [3.8, 4) is 5.75 Å². The minimum absolute atomic E-state index is 0. The van der Waals surface area contributed by atoms with E-state index in [1.54, 1.807) is 7.11 Å². The van der Waals surface area contributed by atoms with Gasteiger partial charge in [-0.05, 0) is 18.2 Å². The number of rotatable bonds is 8. The molecule has 1 aromatic rings. The normalized spacial score (nSPS) is 10.7. The molecule has 0 spiro atoms. The van der Waals surface area contributed by atoms with Crippen LogP contribution in [0.15, 0.2) is 24.3 Å². The highest BCUT2D eigenvalue weighted by molar-refractivity contribution is 5.94. The summed E-state index contributed by atoms with van der Waals surface area (Å²) in [7, 11) is 1.58. The summed E-state index contributed by atoms with van der Waals surface area (Å²) < 4.78 is 44.8. The number of hydrogen-bond acceptors (Lipinski definition) is 4. The van der Waals surface area contributed by atoms with Crippen molar-refractivity contribution in [3.63, 3.8) is 0 Å². The molecule has 0 atom stereocenters. The second kappa shape index (κ2) is 10.3. The average Bonchev–Trinajstić information content (AvgIpc) is 2.41. The lowest BCUT2D eigenvalue weighted by molar-refractivity contribution is -0.274. The first-order valence-electron chi connectivity index (χ1n) is 6.26. The number of hydrogen-bond donors (Lipinski definition) is 2. The summed E-state index contributed by atoms with van der Waals surface area (Å²) in [5.74, 6) is -0.885. The fourth-order valence-corrected chi connectivity index (χ4v) is 1.50. The molecule has 0 radical (unpaired) electrons. The molecule has 0 bridgehead atoms. The SMILES string of the molecule is COCCNCCNC(=O)c1cccc(OC(F)(F)F)c1.Cl. The third-order valence-corrected chi connectivity index (χ3v) is 2.40. The van der Waals surface area contributed by atoms with E-state index in [1.165, 1.54) is 12.1 Å². The van der Waals surface area contributed by atoms with E-state index in [9.17, 15) is 18.0 Å². The van der Waals surface area contributed by atoms with Crippen molar-refractivity contribution < 1.29 is 27.4 Å². The number of halogens is 4. The molecule has 5 nitrogen and oxygen atoms in total. The molecule has 9 heteroatoms. The van der Waals surface area contributed by atoms with Gasteiger partial charge in [0.25, 0.3) is 5.91 Å². The van der Waals surface area contributed by atoms with Crippen LogP contribution < -0.4 is 15.4 Å². The summed E-state index contributed by atoms with van der Waals surface area (Å²) in [6.45, 7) is 2.10. The number of amides is 1. The number of carbonyl (C=O) groups excluding carboxylic acids is 1. The molecule has 126 valence electrons. The van der Waals surface area contributed by atoms with Gasteiger partial charge in [0.1, 0.15) is 5.75 Å². The summed E-state index contributed by atoms with van der Waals surface area (Å²) >= 11 is 0. The van der Waals surface area contributed by atoms with Gasteiger partial charge in [-0.2, -0.15) is 0 Å². The number of carbonyl (C=O) groups is 1. The highest BCUT2D eigenvalue weighted by Gasteiger charge is 2.31. The van der Waals surface area contributed by atoms with E-state index in [0.717, 1.165) is 12.1 Å². The van der Waals surface area contributed by atoms with Crippen LogP contribution in [0.3, 0.4) is 0 Å². The number of ether oxygens (including phenoxy) is 2. The van der Waals surface area contributed by atoms with Crippen molar-refractivity contribution in [2.45, 2.75) is 6.36 Å². The lowest BCUT2D eigenvalue weighted by Gasteiger charge is -2.10. The topological polar surface area (TPSA) is 59.6 Å². The van der Waals surface area contributed by atoms with E-state index >= 15 is 0 Å². The molecular formula is C13H18ClF3N2O3.